The molecule has 27 heavy (non-hydrogen) atoms. The highest BCUT2D eigenvalue weighted by atomic mass is 16.5. The molecular formula is C22H26N2O3. The van der Waals surface area contributed by atoms with E-state index in [4.69, 9.17) is 4.74 Å². The zero-order valence-electron chi connectivity index (χ0n) is 15.8. The molecule has 1 aliphatic rings. The number of anilines is 1. The van der Waals surface area contributed by atoms with E-state index in [1.807, 2.05) is 36.4 Å². The third-order valence-corrected chi connectivity index (χ3v) is 4.46. The van der Waals surface area contributed by atoms with Crippen molar-refractivity contribution in [2.75, 3.05) is 11.9 Å². The summed E-state index contributed by atoms with van der Waals surface area (Å²) in [6.07, 6.45) is 2.53. The van der Waals surface area contributed by atoms with Crippen LogP contribution in [0.1, 0.15) is 43.7 Å². The minimum atomic E-state index is -0.220. The molecule has 0 aromatic heterocycles. The van der Waals surface area contributed by atoms with Crippen molar-refractivity contribution < 1.29 is 14.3 Å². The lowest BCUT2D eigenvalue weighted by Gasteiger charge is -2.10. The van der Waals surface area contributed by atoms with Crippen molar-refractivity contribution in [1.29, 1.82) is 0 Å². The number of carbonyl (C=O) groups excluding carboxylic acids is 2. The SMILES string of the molecule is CC(C)c1ccc(OCC(=O)Nc2ccc(CC(=O)NC3CC3)cc2)cc1. The van der Waals surface area contributed by atoms with Gasteiger partial charge in [0, 0.05) is 11.7 Å². The smallest absolute Gasteiger partial charge is 0.262 e. The maximum atomic E-state index is 12.1. The van der Waals surface area contributed by atoms with E-state index in [1.54, 1.807) is 12.1 Å². The Labute approximate surface area is 160 Å². The van der Waals surface area contributed by atoms with Crippen molar-refractivity contribution in [2.45, 2.75) is 45.1 Å². The molecule has 1 aliphatic carbocycles. The highest BCUT2D eigenvalue weighted by molar-refractivity contribution is 5.92. The first-order valence-corrected chi connectivity index (χ1v) is 9.40. The minimum Gasteiger partial charge on any atom is -0.484 e. The second-order valence-corrected chi connectivity index (χ2v) is 7.28. The van der Waals surface area contributed by atoms with Crippen LogP contribution in [0.5, 0.6) is 5.75 Å². The van der Waals surface area contributed by atoms with E-state index in [0.717, 1.165) is 18.4 Å². The van der Waals surface area contributed by atoms with Crippen molar-refractivity contribution in [3.8, 4) is 5.75 Å². The second kappa shape index (κ2) is 8.71. The first kappa shape index (κ1) is 19.0. The molecule has 0 heterocycles. The molecule has 0 radical (unpaired) electrons. The van der Waals surface area contributed by atoms with Gasteiger partial charge in [-0.25, -0.2) is 0 Å². The summed E-state index contributed by atoms with van der Waals surface area (Å²) in [7, 11) is 0. The van der Waals surface area contributed by atoms with Crippen LogP contribution in [-0.4, -0.2) is 24.5 Å². The van der Waals surface area contributed by atoms with Gasteiger partial charge in [0.15, 0.2) is 6.61 Å². The van der Waals surface area contributed by atoms with Crippen LogP contribution >= 0.6 is 0 Å². The molecule has 2 N–H and O–H groups in total. The lowest BCUT2D eigenvalue weighted by Crippen LogP contribution is -2.26. The van der Waals surface area contributed by atoms with Gasteiger partial charge in [-0.1, -0.05) is 38.1 Å². The summed E-state index contributed by atoms with van der Waals surface area (Å²) in [6, 6.07) is 15.5. The summed E-state index contributed by atoms with van der Waals surface area (Å²) in [5.41, 5.74) is 2.84. The van der Waals surface area contributed by atoms with E-state index in [2.05, 4.69) is 24.5 Å². The standard InChI is InChI=1S/C22H26N2O3/c1-15(2)17-5-11-20(12-6-17)27-14-22(26)24-18-7-3-16(4-8-18)13-21(25)23-19-9-10-19/h3-8,11-12,15,19H,9-10,13-14H2,1-2H3,(H,23,25)(H,24,26). The van der Waals surface area contributed by atoms with E-state index in [0.29, 0.717) is 29.8 Å². The number of carbonyl (C=O) groups is 2. The molecule has 5 heteroatoms. The summed E-state index contributed by atoms with van der Waals surface area (Å²) in [5, 5.41) is 5.77. The molecule has 2 aromatic rings. The fourth-order valence-electron chi connectivity index (χ4n) is 2.69. The van der Waals surface area contributed by atoms with Gasteiger partial charge in [0.25, 0.3) is 5.91 Å². The maximum absolute atomic E-state index is 12.1. The molecule has 0 spiro atoms. The lowest BCUT2D eigenvalue weighted by atomic mass is 10.0. The van der Waals surface area contributed by atoms with E-state index in [-0.39, 0.29) is 18.4 Å². The fourth-order valence-corrected chi connectivity index (χ4v) is 2.69. The number of benzene rings is 2. The second-order valence-electron chi connectivity index (χ2n) is 7.28. The van der Waals surface area contributed by atoms with Crippen LogP contribution in [0.25, 0.3) is 0 Å². The van der Waals surface area contributed by atoms with Gasteiger partial charge in [-0.05, 0) is 54.2 Å². The monoisotopic (exact) mass is 366 g/mol. The molecular weight excluding hydrogens is 340 g/mol. The number of ether oxygens (including phenoxy) is 1. The summed E-state index contributed by atoms with van der Waals surface area (Å²) < 4.78 is 5.53. The molecule has 0 unspecified atom stereocenters. The van der Waals surface area contributed by atoms with Gasteiger partial charge >= 0.3 is 0 Å². The Morgan fingerprint density at radius 2 is 1.67 bits per heavy atom. The molecule has 1 saturated carbocycles. The molecule has 2 aromatic carbocycles. The first-order valence-electron chi connectivity index (χ1n) is 9.40. The quantitative estimate of drug-likeness (QED) is 0.749. The van der Waals surface area contributed by atoms with E-state index in [9.17, 15) is 9.59 Å². The molecule has 0 atom stereocenters. The molecule has 1 fully saturated rings. The van der Waals surface area contributed by atoms with Crippen molar-refractivity contribution in [3.05, 3.63) is 59.7 Å². The van der Waals surface area contributed by atoms with E-state index < -0.39 is 0 Å². The summed E-state index contributed by atoms with van der Waals surface area (Å²) in [4.78, 5) is 23.9. The van der Waals surface area contributed by atoms with Crippen LogP contribution in [-0.2, 0) is 16.0 Å². The normalized spacial score (nSPS) is 13.3. The average molecular weight is 366 g/mol. The van der Waals surface area contributed by atoms with Crippen LogP contribution in [0.15, 0.2) is 48.5 Å². The number of rotatable bonds is 8. The topological polar surface area (TPSA) is 67.4 Å². The van der Waals surface area contributed by atoms with E-state index >= 15 is 0 Å². The highest BCUT2D eigenvalue weighted by Crippen LogP contribution is 2.19. The minimum absolute atomic E-state index is 0.0474. The largest absolute Gasteiger partial charge is 0.484 e. The van der Waals surface area contributed by atoms with Gasteiger partial charge in [-0.15, -0.1) is 0 Å². The number of amides is 2. The first-order chi connectivity index (χ1) is 13.0. The Morgan fingerprint density at radius 1 is 1.00 bits per heavy atom. The highest BCUT2D eigenvalue weighted by Gasteiger charge is 2.23. The predicted molar refractivity (Wildman–Crippen MR) is 106 cm³/mol. The van der Waals surface area contributed by atoms with Gasteiger partial charge in [-0.3, -0.25) is 9.59 Å². The summed E-state index contributed by atoms with van der Waals surface area (Å²) in [6.45, 7) is 4.22. The molecule has 2 amide bonds. The molecule has 0 aliphatic heterocycles. The van der Waals surface area contributed by atoms with Gasteiger partial charge < -0.3 is 15.4 Å². The van der Waals surface area contributed by atoms with Gasteiger partial charge in [0.05, 0.1) is 6.42 Å². The van der Waals surface area contributed by atoms with Gasteiger partial charge in [0.1, 0.15) is 5.75 Å². The molecule has 0 saturated heterocycles. The third-order valence-electron chi connectivity index (χ3n) is 4.46. The van der Waals surface area contributed by atoms with Gasteiger partial charge in [0.2, 0.25) is 5.91 Å². The summed E-state index contributed by atoms with van der Waals surface area (Å²) in [5.74, 6) is 0.963. The number of hydrogen-bond donors (Lipinski definition) is 2. The Hall–Kier alpha value is -2.82. The Balaban J connectivity index is 1.43. The Morgan fingerprint density at radius 3 is 2.26 bits per heavy atom. The lowest BCUT2D eigenvalue weighted by molar-refractivity contribution is -0.120. The average Bonchev–Trinajstić information content (AvgIpc) is 3.46. The summed E-state index contributed by atoms with van der Waals surface area (Å²) >= 11 is 0. The zero-order chi connectivity index (χ0) is 19.2. The van der Waals surface area contributed by atoms with Crippen LogP contribution < -0.4 is 15.4 Å². The van der Waals surface area contributed by atoms with Crippen molar-refractivity contribution >= 4 is 17.5 Å². The van der Waals surface area contributed by atoms with Crippen molar-refractivity contribution in [3.63, 3.8) is 0 Å². The number of nitrogens with one attached hydrogen (secondary N) is 2. The van der Waals surface area contributed by atoms with Crippen LogP contribution in [0.2, 0.25) is 0 Å². The van der Waals surface area contributed by atoms with Crippen molar-refractivity contribution in [1.82, 2.24) is 5.32 Å². The van der Waals surface area contributed by atoms with E-state index in [1.165, 1.54) is 5.56 Å². The zero-order valence-corrected chi connectivity index (χ0v) is 15.8. The third kappa shape index (κ3) is 6.13. The Kier molecular flexibility index (Phi) is 6.12. The predicted octanol–water partition coefficient (Wildman–Crippen LogP) is 3.65. The Bertz CT molecular complexity index is 778. The van der Waals surface area contributed by atoms with Gasteiger partial charge in [-0.2, -0.15) is 0 Å². The molecule has 5 nitrogen and oxygen atoms in total. The maximum Gasteiger partial charge on any atom is 0.262 e. The van der Waals surface area contributed by atoms with Crippen LogP contribution in [0.4, 0.5) is 5.69 Å². The van der Waals surface area contributed by atoms with Crippen molar-refractivity contribution in [2.24, 2.45) is 0 Å². The van der Waals surface area contributed by atoms with Crippen LogP contribution in [0, 0.1) is 0 Å². The molecule has 3 rings (SSSR count). The molecule has 0 bridgehead atoms. The number of hydrogen-bond acceptors (Lipinski definition) is 3. The fraction of sp³-hybridized carbons (Fsp3) is 0.364. The van der Waals surface area contributed by atoms with Crippen LogP contribution in [0.3, 0.4) is 0 Å². The molecule has 142 valence electrons.